The lowest BCUT2D eigenvalue weighted by atomic mass is 9.44. The van der Waals surface area contributed by atoms with Crippen LogP contribution in [0.1, 0.15) is 102 Å². The van der Waals surface area contributed by atoms with E-state index in [1.54, 1.807) is 19.2 Å². The first-order valence-corrected chi connectivity index (χ1v) is 17.6. The number of benzene rings is 1. The number of rotatable bonds is 8. The van der Waals surface area contributed by atoms with Crippen LogP contribution in [0.25, 0.3) is 0 Å². The van der Waals surface area contributed by atoms with Crippen LogP contribution in [-0.2, 0) is 31.9 Å². The highest BCUT2D eigenvalue weighted by Gasteiger charge is 2.79. The van der Waals surface area contributed by atoms with Crippen LogP contribution in [-0.4, -0.2) is 56.8 Å². The number of alkyl halides is 1. The van der Waals surface area contributed by atoms with Crippen molar-refractivity contribution in [2.24, 2.45) is 28.6 Å². The number of hydrogen-bond donors (Lipinski definition) is 2. The fourth-order valence-corrected chi connectivity index (χ4v) is 10.3. The van der Waals surface area contributed by atoms with Crippen LogP contribution < -0.4 is 0 Å². The average Bonchev–Trinajstić information content (AvgIpc) is 3.55. The van der Waals surface area contributed by atoms with Crippen LogP contribution in [0.2, 0.25) is 0 Å². The van der Waals surface area contributed by atoms with E-state index >= 15 is 4.39 Å². The van der Waals surface area contributed by atoms with Crippen molar-refractivity contribution in [3.63, 3.8) is 0 Å². The summed E-state index contributed by atoms with van der Waals surface area (Å²) < 4.78 is 30.8. The van der Waals surface area contributed by atoms with Gasteiger partial charge in [-0.05, 0) is 92.5 Å². The second kappa shape index (κ2) is 12.6. The van der Waals surface area contributed by atoms with Gasteiger partial charge in [0, 0.05) is 34.2 Å². The minimum absolute atomic E-state index is 0. The molecule has 4 fully saturated rings. The Morgan fingerprint density at radius 2 is 1.82 bits per heavy atom. The zero-order valence-corrected chi connectivity index (χ0v) is 28.6. The summed E-state index contributed by atoms with van der Waals surface area (Å²) in [7, 11) is 0. The van der Waals surface area contributed by atoms with Gasteiger partial charge in [-0.1, -0.05) is 77.1 Å². The van der Waals surface area contributed by atoms with Crippen molar-refractivity contribution in [1.82, 2.24) is 4.98 Å². The number of halogens is 1. The number of ketones is 2. The molecule has 0 bridgehead atoms. The summed E-state index contributed by atoms with van der Waals surface area (Å²) in [5.74, 6) is -0.738. The van der Waals surface area contributed by atoms with Crippen molar-refractivity contribution in [1.29, 1.82) is 0 Å². The van der Waals surface area contributed by atoms with Crippen molar-refractivity contribution in [3.8, 4) is 0 Å². The Hall–Kier alpha value is -3.04. The maximum absolute atomic E-state index is 17.6. The third-order valence-electron chi connectivity index (χ3n) is 12.8. The lowest BCUT2D eigenvalue weighted by Gasteiger charge is -2.62. The van der Waals surface area contributed by atoms with Crippen LogP contribution >= 0.6 is 0 Å². The normalized spacial score (nSPS) is 38.2. The lowest BCUT2D eigenvalue weighted by molar-refractivity contribution is -0.231. The van der Waals surface area contributed by atoms with Gasteiger partial charge in [-0.3, -0.25) is 14.6 Å². The van der Waals surface area contributed by atoms with E-state index in [0.717, 1.165) is 18.5 Å². The van der Waals surface area contributed by atoms with Crippen molar-refractivity contribution in [2.45, 2.75) is 116 Å². The number of fused-ring (bicyclic) bond motifs is 7. The predicted octanol–water partition coefficient (Wildman–Crippen LogP) is 6.96. The van der Waals surface area contributed by atoms with E-state index < -0.39 is 58.9 Å². The number of aromatic nitrogens is 1. The molecular formula is C41H52FNO6. The lowest BCUT2D eigenvalue weighted by Crippen LogP contribution is -2.69. The fraction of sp³-hybridized carbons (Fsp3) is 0.585. The van der Waals surface area contributed by atoms with Crippen molar-refractivity contribution in [3.05, 3.63) is 88.8 Å². The number of Topliss-reactive ketones (excluding diaryl/α,β-unsaturated/α-hetero) is 1. The van der Waals surface area contributed by atoms with Gasteiger partial charge in [0.15, 0.2) is 29.1 Å². The van der Waals surface area contributed by atoms with Gasteiger partial charge in [0.2, 0.25) is 0 Å². The number of nitrogens with zero attached hydrogens (tertiary/aromatic N) is 1. The van der Waals surface area contributed by atoms with Crippen LogP contribution in [0.4, 0.5) is 4.39 Å². The highest BCUT2D eigenvalue weighted by Crippen LogP contribution is 2.72. The first kappa shape index (κ1) is 35.8. The SMILES string of the molecule is C.CC(C)Cc1ccc([C@H](C)Cc2ccc([C@@H]3O[C@@H]4C[C@H]5[C@@H]6CCC7=CC(=O)C=C[C@]7(C)[C@@]6(F)[C@@H](O)C[C@]5(C)[C@]4(C(=O)CO)O3)cn2)cc1. The van der Waals surface area contributed by atoms with Gasteiger partial charge in [0.25, 0.3) is 0 Å². The molecule has 7 nitrogen and oxygen atoms in total. The smallest absolute Gasteiger partial charge is 0.193 e. The molecule has 4 aliphatic carbocycles. The quantitative estimate of drug-likeness (QED) is 0.312. The van der Waals surface area contributed by atoms with Crippen molar-refractivity contribution < 1.29 is 33.7 Å². The first-order chi connectivity index (χ1) is 22.8. The Morgan fingerprint density at radius 3 is 2.47 bits per heavy atom. The highest BCUT2D eigenvalue weighted by atomic mass is 19.1. The molecule has 0 amide bonds. The van der Waals surface area contributed by atoms with Gasteiger partial charge in [-0.15, -0.1) is 0 Å². The third-order valence-corrected chi connectivity index (χ3v) is 12.8. The average molecular weight is 674 g/mol. The van der Waals surface area contributed by atoms with Crippen LogP contribution in [0, 0.1) is 28.6 Å². The molecule has 7 rings (SSSR count). The molecule has 8 heteroatoms. The van der Waals surface area contributed by atoms with Crippen molar-refractivity contribution >= 4 is 11.6 Å². The van der Waals surface area contributed by atoms with Crippen LogP contribution in [0.15, 0.2) is 66.4 Å². The predicted molar refractivity (Wildman–Crippen MR) is 185 cm³/mol. The summed E-state index contributed by atoms with van der Waals surface area (Å²) in [5, 5.41) is 22.0. The van der Waals surface area contributed by atoms with E-state index in [9.17, 15) is 19.8 Å². The van der Waals surface area contributed by atoms with Gasteiger partial charge >= 0.3 is 0 Å². The maximum atomic E-state index is 17.6. The van der Waals surface area contributed by atoms with Gasteiger partial charge in [-0.25, -0.2) is 4.39 Å². The Bertz CT molecular complexity index is 1650. The van der Waals surface area contributed by atoms with E-state index in [-0.39, 0.29) is 31.5 Å². The number of hydrogen-bond acceptors (Lipinski definition) is 7. The second-order valence-electron chi connectivity index (χ2n) is 15.9. The molecule has 2 N–H and O–H groups in total. The monoisotopic (exact) mass is 673 g/mol. The number of carbonyl (C=O) groups is 2. The molecule has 1 aromatic carbocycles. The Kier molecular flexibility index (Phi) is 9.22. The largest absolute Gasteiger partial charge is 0.390 e. The molecule has 1 aromatic heterocycles. The van der Waals surface area contributed by atoms with Crippen LogP contribution in [0.3, 0.4) is 0 Å². The van der Waals surface area contributed by atoms with Gasteiger partial charge < -0.3 is 19.7 Å². The molecule has 0 unspecified atom stereocenters. The fourth-order valence-electron chi connectivity index (χ4n) is 10.3. The molecule has 2 heterocycles. The molecule has 1 saturated heterocycles. The molecule has 1 aliphatic heterocycles. The Labute approximate surface area is 290 Å². The number of ether oxygens (including phenoxy) is 2. The summed E-state index contributed by atoms with van der Waals surface area (Å²) in [6, 6.07) is 12.7. The summed E-state index contributed by atoms with van der Waals surface area (Å²) in [6.07, 6.45) is 6.32. The summed E-state index contributed by atoms with van der Waals surface area (Å²) in [6.45, 7) is 9.55. The van der Waals surface area contributed by atoms with Crippen molar-refractivity contribution in [2.75, 3.05) is 6.61 Å². The van der Waals surface area contributed by atoms with E-state index in [1.165, 1.54) is 23.3 Å². The molecular weight excluding hydrogens is 621 g/mol. The Balaban J connectivity index is 0.00000417. The molecule has 0 radical (unpaired) electrons. The topological polar surface area (TPSA) is 106 Å². The molecule has 264 valence electrons. The molecule has 49 heavy (non-hydrogen) atoms. The Morgan fingerprint density at radius 1 is 1.08 bits per heavy atom. The molecule has 10 atom stereocenters. The molecule has 2 aromatic rings. The first-order valence-electron chi connectivity index (χ1n) is 17.6. The minimum Gasteiger partial charge on any atom is -0.390 e. The second-order valence-corrected chi connectivity index (χ2v) is 15.9. The molecule has 3 saturated carbocycles. The van der Waals surface area contributed by atoms with E-state index in [1.807, 2.05) is 19.1 Å². The summed E-state index contributed by atoms with van der Waals surface area (Å²) in [5.41, 5.74) is -0.825. The zero-order valence-electron chi connectivity index (χ0n) is 28.6. The number of pyridine rings is 1. The number of aliphatic hydroxyl groups is 2. The zero-order chi connectivity index (χ0) is 34.2. The standard InChI is InChI=1S/C40H48FNO6.CH4/c1-23(2)16-25-6-8-26(9-7-25)24(3)17-29-12-10-27(21-42-29)36-47-35-19-32-31-13-11-28-18-30(44)14-15-37(28,4)39(31,41)33(45)20-38(32,5)40(35,48-36)34(46)22-43;/h6-10,12,14-15,18,21,23-24,31-33,35-36,43,45H,11,13,16-17,19-20,22H2,1-5H3;1H4/t24-,31+,32+,33+,35-,36-,37+,38+,39+,40-;/m1./s1. The van der Waals surface area contributed by atoms with Gasteiger partial charge in [-0.2, -0.15) is 0 Å². The van der Waals surface area contributed by atoms with Crippen LogP contribution in [0.5, 0.6) is 0 Å². The highest BCUT2D eigenvalue weighted by molar-refractivity contribution is 6.01. The number of allylic oxidation sites excluding steroid dienone is 4. The minimum atomic E-state index is -2.03. The summed E-state index contributed by atoms with van der Waals surface area (Å²) in [4.78, 5) is 30.7. The van der Waals surface area contributed by atoms with E-state index in [4.69, 9.17) is 14.5 Å². The summed E-state index contributed by atoms with van der Waals surface area (Å²) >= 11 is 0. The maximum Gasteiger partial charge on any atom is 0.193 e. The van der Waals surface area contributed by atoms with E-state index in [0.29, 0.717) is 36.3 Å². The van der Waals surface area contributed by atoms with Gasteiger partial charge in [0.1, 0.15) is 6.61 Å². The van der Waals surface area contributed by atoms with E-state index in [2.05, 4.69) is 45.0 Å². The number of carbonyl (C=O) groups excluding carboxylic acids is 2. The molecule has 5 aliphatic rings. The number of aliphatic hydroxyl groups excluding tert-OH is 2. The van der Waals surface area contributed by atoms with Gasteiger partial charge in [0.05, 0.1) is 12.2 Å². The molecule has 0 spiro atoms. The third kappa shape index (κ3) is 5.23.